The van der Waals surface area contributed by atoms with E-state index in [4.69, 9.17) is 5.26 Å². The Bertz CT molecular complexity index is 368. The van der Waals surface area contributed by atoms with Gasteiger partial charge in [0.2, 0.25) is 0 Å². The highest BCUT2D eigenvalue weighted by atomic mass is 15.1. The SMILES string of the molecule is CCN(Cc1cncc(C)c1)CC(C)C#N. The van der Waals surface area contributed by atoms with Gasteiger partial charge in [0.05, 0.1) is 12.0 Å². The molecule has 1 aromatic heterocycles. The van der Waals surface area contributed by atoms with Gasteiger partial charge in [0.1, 0.15) is 0 Å². The Labute approximate surface area is 97.7 Å². The molecule has 86 valence electrons. The predicted octanol–water partition coefficient (Wildman–Crippen LogP) is 2.37. The Balaban J connectivity index is 2.60. The maximum atomic E-state index is 8.80. The lowest BCUT2D eigenvalue weighted by Crippen LogP contribution is -2.27. The molecule has 0 saturated heterocycles. The third-order valence-corrected chi connectivity index (χ3v) is 2.54. The van der Waals surface area contributed by atoms with Crippen LogP contribution in [0.4, 0.5) is 0 Å². The van der Waals surface area contributed by atoms with Gasteiger partial charge >= 0.3 is 0 Å². The van der Waals surface area contributed by atoms with Crippen LogP contribution >= 0.6 is 0 Å². The van der Waals surface area contributed by atoms with E-state index in [0.29, 0.717) is 0 Å². The van der Waals surface area contributed by atoms with Gasteiger partial charge in [0.15, 0.2) is 0 Å². The fourth-order valence-corrected chi connectivity index (χ4v) is 1.70. The van der Waals surface area contributed by atoms with E-state index in [2.05, 4.69) is 28.9 Å². The quantitative estimate of drug-likeness (QED) is 0.760. The minimum absolute atomic E-state index is 0.0812. The third kappa shape index (κ3) is 4.00. The van der Waals surface area contributed by atoms with Gasteiger partial charge in [-0.2, -0.15) is 5.26 Å². The summed E-state index contributed by atoms with van der Waals surface area (Å²) in [6.07, 6.45) is 3.75. The van der Waals surface area contributed by atoms with E-state index in [1.807, 2.05) is 26.2 Å². The van der Waals surface area contributed by atoms with Crippen molar-refractivity contribution in [2.24, 2.45) is 5.92 Å². The molecular formula is C13H19N3. The average molecular weight is 217 g/mol. The van der Waals surface area contributed by atoms with Crippen molar-refractivity contribution in [1.82, 2.24) is 9.88 Å². The standard InChI is InChI=1S/C13H19N3/c1-4-16(9-12(3)6-14)10-13-5-11(2)7-15-8-13/h5,7-8,12H,4,9-10H2,1-3H3. The first-order valence-electron chi connectivity index (χ1n) is 5.68. The zero-order valence-electron chi connectivity index (χ0n) is 10.3. The summed E-state index contributed by atoms with van der Waals surface area (Å²) in [6, 6.07) is 4.42. The van der Waals surface area contributed by atoms with Crippen LogP contribution in [0.25, 0.3) is 0 Å². The van der Waals surface area contributed by atoms with Gasteiger partial charge in [-0.3, -0.25) is 9.88 Å². The second-order valence-electron chi connectivity index (χ2n) is 4.23. The van der Waals surface area contributed by atoms with Crippen LogP contribution in [0.2, 0.25) is 0 Å². The van der Waals surface area contributed by atoms with Crippen molar-refractivity contribution in [3.8, 4) is 6.07 Å². The predicted molar refractivity (Wildman–Crippen MR) is 64.7 cm³/mol. The number of hydrogen-bond acceptors (Lipinski definition) is 3. The lowest BCUT2D eigenvalue weighted by atomic mass is 10.1. The van der Waals surface area contributed by atoms with Crippen LogP contribution in [0.1, 0.15) is 25.0 Å². The average Bonchev–Trinajstić information content (AvgIpc) is 2.28. The molecule has 0 aliphatic carbocycles. The molecular weight excluding hydrogens is 198 g/mol. The van der Waals surface area contributed by atoms with Gasteiger partial charge in [-0.15, -0.1) is 0 Å². The molecule has 0 aliphatic rings. The molecule has 0 radical (unpaired) electrons. The molecule has 0 aromatic carbocycles. The highest BCUT2D eigenvalue weighted by Crippen LogP contribution is 2.07. The lowest BCUT2D eigenvalue weighted by molar-refractivity contribution is 0.260. The normalized spacial score (nSPS) is 12.4. The zero-order chi connectivity index (χ0) is 12.0. The topological polar surface area (TPSA) is 39.9 Å². The number of aromatic nitrogens is 1. The fourth-order valence-electron chi connectivity index (χ4n) is 1.70. The summed E-state index contributed by atoms with van der Waals surface area (Å²) >= 11 is 0. The summed E-state index contributed by atoms with van der Waals surface area (Å²) in [5, 5.41) is 8.80. The molecule has 3 heteroatoms. The molecule has 0 bridgehead atoms. The number of nitriles is 1. The first kappa shape index (κ1) is 12.7. The van der Waals surface area contributed by atoms with Crippen molar-refractivity contribution in [3.05, 3.63) is 29.6 Å². The van der Waals surface area contributed by atoms with Gasteiger partial charge in [-0.1, -0.05) is 13.0 Å². The molecule has 1 unspecified atom stereocenters. The highest BCUT2D eigenvalue weighted by molar-refractivity contribution is 5.16. The van der Waals surface area contributed by atoms with E-state index in [0.717, 1.165) is 19.6 Å². The summed E-state index contributed by atoms with van der Waals surface area (Å²) in [5.74, 6) is 0.0812. The molecule has 0 N–H and O–H groups in total. The number of nitrogens with zero attached hydrogens (tertiary/aromatic N) is 3. The Morgan fingerprint density at radius 2 is 2.25 bits per heavy atom. The van der Waals surface area contributed by atoms with Crippen molar-refractivity contribution >= 4 is 0 Å². The maximum Gasteiger partial charge on any atom is 0.0666 e. The zero-order valence-corrected chi connectivity index (χ0v) is 10.3. The molecule has 1 heterocycles. The van der Waals surface area contributed by atoms with Gasteiger partial charge in [0.25, 0.3) is 0 Å². The fraction of sp³-hybridized carbons (Fsp3) is 0.538. The molecule has 0 aliphatic heterocycles. The number of rotatable bonds is 5. The maximum absolute atomic E-state index is 8.80. The first-order chi connectivity index (χ1) is 7.65. The van der Waals surface area contributed by atoms with E-state index >= 15 is 0 Å². The van der Waals surface area contributed by atoms with E-state index in [1.165, 1.54) is 11.1 Å². The Hall–Kier alpha value is -1.40. The lowest BCUT2D eigenvalue weighted by Gasteiger charge is -2.21. The Morgan fingerprint density at radius 1 is 1.50 bits per heavy atom. The molecule has 1 atom stereocenters. The molecule has 16 heavy (non-hydrogen) atoms. The van der Waals surface area contributed by atoms with Crippen LogP contribution in [-0.4, -0.2) is 23.0 Å². The number of hydrogen-bond donors (Lipinski definition) is 0. The van der Waals surface area contributed by atoms with Crippen molar-refractivity contribution in [2.45, 2.75) is 27.3 Å². The summed E-state index contributed by atoms with van der Waals surface area (Å²) in [5.41, 5.74) is 2.40. The van der Waals surface area contributed by atoms with E-state index in [9.17, 15) is 0 Å². The summed E-state index contributed by atoms with van der Waals surface area (Å²) < 4.78 is 0. The summed E-state index contributed by atoms with van der Waals surface area (Å²) in [4.78, 5) is 6.45. The van der Waals surface area contributed by atoms with Crippen LogP contribution in [0.3, 0.4) is 0 Å². The molecule has 3 nitrogen and oxygen atoms in total. The molecule has 1 rings (SSSR count). The van der Waals surface area contributed by atoms with E-state index in [-0.39, 0.29) is 5.92 Å². The minimum atomic E-state index is 0.0812. The minimum Gasteiger partial charge on any atom is -0.298 e. The Kier molecular flexibility index (Phi) is 4.94. The first-order valence-corrected chi connectivity index (χ1v) is 5.68. The Morgan fingerprint density at radius 3 is 2.81 bits per heavy atom. The van der Waals surface area contributed by atoms with Gasteiger partial charge < -0.3 is 0 Å². The van der Waals surface area contributed by atoms with E-state index < -0.39 is 0 Å². The second-order valence-corrected chi connectivity index (χ2v) is 4.23. The molecule has 0 fully saturated rings. The summed E-state index contributed by atoms with van der Waals surface area (Å²) in [6.45, 7) is 8.77. The largest absolute Gasteiger partial charge is 0.298 e. The monoisotopic (exact) mass is 217 g/mol. The number of pyridine rings is 1. The van der Waals surface area contributed by atoms with Crippen LogP contribution in [0, 0.1) is 24.2 Å². The van der Waals surface area contributed by atoms with Crippen LogP contribution in [0.5, 0.6) is 0 Å². The third-order valence-electron chi connectivity index (χ3n) is 2.54. The molecule has 0 saturated carbocycles. The summed E-state index contributed by atoms with van der Waals surface area (Å²) in [7, 11) is 0. The molecule has 0 amide bonds. The second kappa shape index (κ2) is 6.24. The number of aryl methyl sites for hydroxylation is 1. The molecule has 0 spiro atoms. The van der Waals surface area contributed by atoms with Crippen molar-refractivity contribution < 1.29 is 0 Å². The van der Waals surface area contributed by atoms with Crippen LogP contribution < -0.4 is 0 Å². The van der Waals surface area contributed by atoms with Crippen molar-refractivity contribution in [3.63, 3.8) is 0 Å². The van der Waals surface area contributed by atoms with Crippen molar-refractivity contribution in [1.29, 1.82) is 5.26 Å². The smallest absolute Gasteiger partial charge is 0.0666 e. The van der Waals surface area contributed by atoms with Crippen molar-refractivity contribution in [2.75, 3.05) is 13.1 Å². The highest BCUT2D eigenvalue weighted by Gasteiger charge is 2.08. The van der Waals surface area contributed by atoms with E-state index in [1.54, 1.807) is 0 Å². The van der Waals surface area contributed by atoms with Gasteiger partial charge in [-0.05, 0) is 31.5 Å². The molecule has 1 aromatic rings. The van der Waals surface area contributed by atoms with Crippen LogP contribution in [0.15, 0.2) is 18.5 Å². The van der Waals surface area contributed by atoms with Gasteiger partial charge in [0, 0.05) is 25.5 Å². The van der Waals surface area contributed by atoms with Crippen LogP contribution in [-0.2, 0) is 6.54 Å². The van der Waals surface area contributed by atoms with Gasteiger partial charge in [-0.25, -0.2) is 0 Å².